The predicted octanol–water partition coefficient (Wildman–Crippen LogP) is 2.74. The molecule has 26 heavy (non-hydrogen) atoms. The normalized spacial score (nSPS) is 12.8. The number of imidazole rings is 1. The topological polar surface area (TPSA) is 64.5 Å². The fourth-order valence-electron chi connectivity index (χ4n) is 3.09. The van der Waals surface area contributed by atoms with Crippen molar-refractivity contribution < 1.29 is 8.42 Å². The molecule has 7 nitrogen and oxygen atoms in total. The minimum Gasteiger partial charge on any atom is -0.348 e. The molecule has 0 aliphatic heterocycles. The first-order chi connectivity index (χ1) is 12.3. The first kappa shape index (κ1) is 17.6. The van der Waals surface area contributed by atoms with Gasteiger partial charge in [-0.15, -0.1) is 11.3 Å². The summed E-state index contributed by atoms with van der Waals surface area (Å²) in [5.74, 6) is 0. The fourth-order valence-corrected chi connectivity index (χ4v) is 6.04. The lowest BCUT2D eigenvalue weighted by atomic mass is 10.5. The summed E-state index contributed by atoms with van der Waals surface area (Å²) in [6.07, 6.45) is 5.25. The van der Waals surface area contributed by atoms with Crippen LogP contribution in [0.1, 0.15) is 0 Å². The highest BCUT2D eigenvalue weighted by atomic mass is 35.5. The van der Waals surface area contributed by atoms with Crippen LogP contribution >= 0.6 is 22.9 Å². The Bertz CT molecular complexity index is 1210. The maximum atomic E-state index is 13.5. The van der Waals surface area contributed by atoms with Crippen molar-refractivity contribution in [3.63, 3.8) is 0 Å². The standard InChI is InChI=1S/C16H18ClN5O2S2/c1-19(2)6-7-21-10-12(13-11(21)4-5-20(13)3)26(23,24)15-14(17)18-16-22(15)8-9-25-16/h4-5,8-10H,6-7H2,1-3H3. The van der Waals surface area contributed by atoms with Gasteiger partial charge in [0.1, 0.15) is 4.90 Å². The van der Waals surface area contributed by atoms with Crippen molar-refractivity contribution in [2.24, 2.45) is 7.05 Å². The quantitative estimate of drug-likeness (QED) is 0.506. The van der Waals surface area contributed by atoms with Crippen LogP contribution in [0.4, 0.5) is 0 Å². The van der Waals surface area contributed by atoms with E-state index in [1.807, 2.05) is 42.5 Å². The van der Waals surface area contributed by atoms with E-state index in [-0.39, 0.29) is 15.1 Å². The van der Waals surface area contributed by atoms with E-state index in [1.54, 1.807) is 17.8 Å². The van der Waals surface area contributed by atoms with E-state index < -0.39 is 9.84 Å². The number of hydrogen-bond donors (Lipinski definition) is 0. The molecule has 138 valence electrons. The highest BCUT2D eigenvalue weighted by Crippen LogP contribution is 2.34. The number of fused-ring (bicyclic) bond motifs is 2. The summed E-state index contributed by atoms with van der Waals surface area (Å²) in [5, 5.41) is 1.81. The summed E-state index contributed by atoms with van der Waals surface area (Å²) in [6, 6.07) is 1.93. The Labute approximate surface area is 159 Å². The van der Waals surface area contributed by atoms with E-state index in [9.17, 15) is 8.42 Å². The molecule has 0 atom stereocenters. The molecule has 0 aromatic carbocycles. The lowest BCUT2D eigenvalue weighted by Gasteiger charge is -2.10. The molecular formula is C16H18ClN5O2S2. The first-order valence-corrected chi connectivity index (χ1v) is 10.7. The van der Waals surface area contributed by atoms with Gasteiger partial charge >= 0.3 is 0 Å². The Morgan fingerprint density at radius 1 is 1.31 bits per heavy atom. The van der Waals surface area contributed by atoms with Gasteiger partial charge in [0.2, 0.25) is 9.84 Å². The summed E-state index contributed by atoms with van der Waals surface area (Å²) in [6.45, 7) is 1.50. The number of thiazole rings is 1. The Morgan fingerprint density at radius 3 is 2.81 bits per heavy atom. The highest BCUT2D eigenvalue weighted by Gasteiger charge is 2.31. The van der Waals surface area contributed by atoms with E-state index in [1.165, 1.54) is 15.7 Å². The number of halogens is 1. The number of hydrogen-bond acceptors (Lipinski definition) is 5. The molecule has 0 saturated carbocycles. The molecule has 0 fully saturated rings. The molecule has 0 saturated heterocycles. The van der Waals surface area contributed by atoms with Gasteiger partial charge in [0.05, 0.1) is 11.0 Å². The average Bonchev–Trinajstić information content (AvgIpc) is 3.27. The average molecular weight is 412 g/mol. The largest absolute Gasteiger partial charge is 0.348 e. The molecule has 0 N–H and O–H groups in total. The Hall–Kier alpha value is -1.81. The highest BCUT2D eigenvalue weighted by molar-refractivity contribution is 7.91. The molecule has 0 aliphatic rings. The summed E-state index contributed by atoms with van der Waals surface area (Å²) < 4.78 is 32.3. The Kier molecular flexibility index (Phi) is 4.14. The molecule has 4 aromatic rings. The lowest BCUT2D eigenvalue weighted by Crippen LogP contribution is -2.17. The molecule has 0 radical (unpaired) electrons. The monoisotopic (exact) mass is 411 g/mol. The molecule has 0 amide bonds. The second kappa shape index (κ2) is 6.12. The van der Waals surface area contributed by atoms with Gasteiger partial charge in [0, 0.05) is 44.1 Å². The van der Waals surface area contributed by atoms with Crippen molar-refractivity contribution >= 4 is 48.8 Å². The smallest absolute Gasteiger partial charge is 0.229 e. The maximum absolute atomic E-state index is 13.5. The van der Waals surface area contributed by atoms with Gasteiger partial charge in [0.25, 0.3) is 0 Å². The van der Waals surface area contributed by atoms with Crippen molar-refractivity contribution in [1.29, 1.82) is 0 Å². The molecule has 4 aromatic heterocycles. The van der Waals surface area contributed by atoms with Crippen LogP contribution in [0.2, 0.25) is 5.15 Å². The van der Waals surface area contributed by atoms with Crippen LogP contribution < -0.4 is 0 Å². The van der Waals surface area contributed by atoms with Gasteiger partial charge < -0.3 is 14.0 Å². The molecular weight excluding hydrogens is 394 g/mol. The molecule has 0 aliphatic carbocycles. The second-order valence-corrected chi connectivity index (χ2v) is 9.48. The molecule has 0 bridgehead atoms. The van der Waals surface area contributed by atoms with Gasteiger partial charge in [-0.2, -0.15) is 0 Å². The van der Waals surface area contributed by atoms with Gasteiger partial charge in [-0.1, -0.05) is 11.6 Å². The zero-order chi connectivity index (χ0) is 18.6. The van der Waals surface area contributed by atoms with Crippen molar-refractivity contribution in [3.05, 3.63) is 35.2 Å². The van der Waals surface area contributed by atoms with Gasteiger partial charge in [-0.3, -0.25) is 4.40 Å². The summed E-state index contributed by atoms with van der Waals surface area (Å²) >= 11 is 7.54. The number of aryl methyl sites for hydroxylation is 1. The number of rotatable bonds is 5. The van der Waals surface area contributed by atoms with E-state index in [0.29, 0.717) is 17.0 Å². The van der Waals surface area contributed by atoms with Crippen LogP contribution in [0.25, 0.3) is 16.0 Å². The van der Waals surface area contributed by atoms with Crippen LogP contribution in [0, 0.1) is 0 Å². The number of nitrogens with zero attached hydrogens (tertiary/aromatic N) is 5. The van der Waals surface area contributed by atoms with Gasteiger partial charge in [0.15, 0.2) is 15.1 Å². The van der Waals surface area contributed by atoms with E-state index in [2.05, 4.69) is 9.88 Å². The van der Waals surface area contributed by atoms with Crippen LogP contribution in [-0.4, -0.2) is 52.5 Å². The molecule has 0 spiro atoms. The van der Waals surface area contributed by atoms with Gasteiger partial charge in [-0.05, 0) is 20.2 Å². The minimum atomic E-state index is -3.84. The Balaban J connectivity index is 1.94. The van der Waals surface area contributed by atoms with Crippen LogP contribution in [0.3, 0.4) is 0 Å². The first-order valence-electron chi connectivity index (χ1n) is 7.95. The van der Waals surface area contributed by atoms with Gasteiger partial charge in [-0.25, -0.2) is 13.4 Å². The van der Waals surface area contributed by atoms with E-state index >= 15 is 0 Å². The third kappa shape index (κ3) is 2.58. The van der Waals surface area contributed by atoms with Crippen molar-refractivity contribution in [2.45, 2.75) is 16.5 Å². The second-order valence-electron chi connectivity index (χ2n) is 6.42. The number of sulfone groups is 1. The van der Waals surface area contributed by atoms with Crippen molar-refractivity contribution in [3.8, 4) is 0 Å². The molecule has 4 heterocycles. The molecule has 0 unspecified atom stereocenters. The van der Waals surface area contributed by atoms with E-state index in [4.69, 9.17) is 11.6 Å². The predicted molar refractivity (Wildman–Crippen MR) is 103 cm³/mol. The Morgan fingerprint density at radius 2 is 2.08 bits per heavy atom. The van der Waals surface area contributed by atoms with Crippen LogP contribution in [0.15, 0.2) is 40.0 Å². The van der Waals surface area contributed by atoms with Crippen molar-refractivity contribution in [1.82, 2.24) is 23.4 Å². The number of likely N-dealkylation sites (N-methyl/N-ethyl adjacent to an activating group) is 1. The fraction of sp³-hybridized carbons (Fsp3) is 0.312. The summed E-state index contributed by atoms with van der Waals surface area (Å²) in [5.41, 5.74) is 1.56. The van der Waals surface area contributed by atoms with Crippen molar-refractivity contribution in [2.75, 3.05) is 20.6 Å². The maximum Gasteiger partial charge on any atom is 0.229 e. The van der Waals surface area contributed by atoms with E-state index in [0.717, 1.165) is 12.1 Å². The zero-order valence-corrected chi connectivity index (χ0v) is 16.9. The summed E-state index contributed by atoms with van der Waals surface area (Å²) in [7, 11) is 1.98. The molecule has 10 heteroatoms. The third-order valence-corrected chi connectivity index (χ3v) is 7.29. The van der Waals surface area contributed by atoms with Crippen LogP contribution in [-0.2, 0) is 23.4 Å². The summed E-state index contributed by atoms with van der Waals surface area (Å²) in [4.78, 5) is 7.03. The number of aromatic nitrogens is 4. The lowest BCUT2D eigenvalue weighted by molar-refractivity contribution is 0.386. The minimum absolute atomic E-state index is 0.000232. The van der Waals surface area contributed by atoms with Crippen LogP contribution in [0.5, 0.6) is 0 Å². The SMILES string of the molecule is CN(C)CCn1cc(S(=O)(=O)c2c(Cl)nc3sccn23)c2c1ccn2C. The third-order valence-electron chi connectivity index (χ3n) is 4.38. The zero-order valence-electron chi connectivity index (χ0n) is 14.5. The molecule has 4 rings (SSSR count).